The van der Waals surface area contributed by atoms with E-state index in [0.29, 0.717) is 0 Å². The van der Waals surface area contributed by atoms with Crippen LogP contribution in [0.1, 0.15) is 11.6 Å². The van der Waals surface area contributed by atoms with E-state index in [1.807, 2.05) is 60.7 Å². The van der Waals surface area contributed by atoms with E-state index in [4.69, 9.17) is 4.84 Å². The van der Waals surface area contributed by atoms with Gasteiger partial charge in [0.25, 0.3) is 0 Å². The van der Waals surface area contributed by atoms with Gasteiger partial charge in [-0.1, -0.05) is 48.5 Å². The van der Waals surface area contributed by atoms with Crippen molar-refractivity contribution in [2.24, 2.45) is 5.92 Å². The Balaban J connectivity index is 2.01. The van der Waals surface area contributed by atoms with Crippen molar-refractivity contribution in [1.29, 1.82) is 0 Å². The molecule has 110 valence electrons. The minimum Gasteiger partial charge on any atom is -0.396 e. The molecule has 0 radical (unpaired) electrons. The second kappa shape index (κ2) is 6.26. The maximum Gasteiger partial charge on any atom is 0.116 e. The van der Waals surface area contributed by atoms with E-state index in [0.717, 1.165) is 11.3 Å². The summed E-state index contributed by atoms with van der Waals surface area (Å²) in [6.45, 7) is -0.147. The van der Waals surface area contributed by atoms with Gasteiger partial charge >= 0.3 is 0 Å². The molecular formula is C17H19NO3. The quantitative estimate of drug-likeness (QED) is 0.904. The third-order valence-corrected chi connectivity index (χ3v) is 3.93. The molecule has 1 aliphatic heterocycles. The number of rotatable bonds is 4. The molecule has 3 atom stereocenters. The molecule has 4 heteroatoms. The minimum absolute atomic E-state index is 0.0336. The first-order valence-corrected chi connectivity index (χ1v) is 7.13. The summed E-state index contributed by atoms with van der Waals surface area (Å²) in [5.74, 6) is -0.169. The van der Waals surface area contributed by atoms with Crippen LogP contribution >= 0.6 is 0 Å². The second-order valence-electron chi connectivity index (χ2n) is 5.19. The Hall–Kier alpha value is -1.88. The van der Waals surface area contributed by atoms with Gasteiger partial charge in [-0.25, -0.2) is 5.06 Å². The third-order valence-electron chi connectivity index (χ3n) is 3.93. The molecule has 21 heavy (non-hydrogen) atoms. The normalized spacial score (nSPS) is 25.2. The lowest BCUT2D eigenvalue weighted by atomic mass is 9.90. The van der Waals surface area contributed by atoms with Crippen LogP contribution < -0.4 is 5.06 Å². The minimum atomic E-state index is -0.402. The number of anilines is 1. The number of hydrogen-bond acceptors (Lipinski definition) is 4. The SMILES string of the molecule is OC[C@@H]1[C@H](CO)ON(c2ccccc2)[C@H]1c1ccccc1. The first kappa shape index (κ1) is 14.1. The van der Waals surface area contributed by atoms with Crippen LogP contribution in [0.2, 0.25) is 0 Å². The maximum atomic E-state index is 9.75. The topological polar surface area (TPSA) is 52.9 Å². The number of hydroxylamine groups is 1. The van der Waals surface area contributed by atoms with Crippen LogP contribution in [0.3, 0.4) is 0 Å². The van der Waals surface area contributed by atoms with Gasteiger partial charge in [-0.3, -0.25) is 4.84 Å². The summed E-state index contributed by atoms with van der Waals surface area (Å²) in [6.07, 6.45) is -0.402. The van der Waals surface area contributed by atoms with E-state index in [1.165, 1.54) is 0 Å². The van der Waals surface area contributed by atoms with Crippen LogP contribution in [0.4, 0.5) is 5.69 Å². The van der Waals surface area contributed by atoms with E-state index in [-0.39, 0.29) is 25.2 Å². The Morgan fingerprint density at radius 3 is 2.05 bits per heavy atom. The van der Waals surface area contributed by atoms with E-state index in [1.54, 1.807) is 5.06 Å². The lowest BCUT2D eigenvalue weighted by Gasteiger charge is -2.27. The summed E-state index contributed by atoms with van der Waals surface area (Å²) >= 11 is 0. The predicted octanol–water partition coefficient (Wildman–Crippen LogP) is 2.15. The molecule has 4 nitrogen and oxygen atoms in total. The highest BCUT2D eigenvalue weighted by Gasteiger charge is 2.43. The van der Waals surface area contributed by atoms with Crippen molar-refractivity contribution in [3.63, 3.8) is 0 Å². The summed E-state index contributed by atoms with van der Waals surface area (Å²) in [5, 5.41) is 21.1. The standard InChI is InChI=1S/C17H19NO3/c19-11-15-16(12-20)21-18(14-9-5-2-6-10-14)17(15)13-7-3-1-4-8-13/h1-10,15-17,19-20H,11-12H2/t15-,16+,17+/m1/s1. The van der Waals surface area contributed by atoms with Gasteiger partial charge in [0.2, 0.25) is 0 Å². The van der Waals surface area contributed by atoms with Gasteiger partial charge < -0.3 is 10.2 Å². The zero-order valence-corrected chi connectivity index (χ0v) is 11.7. The highest BCUT2D eigenvalue weighted by Crippen LogP contribution is 2.41. The van der Waals surface area contributed by atoms with Crippen molar-refractivity contribution < 1.29 is 15.1 Å². The summed E-state index contributed by atoms with van der Waals surface area (Å²) in [4.78, 5) is 5.89. The van der Waals surface area contributed by atoms with Gasteiger partial charge in [0, 0.05) is 5.92 Å². The van der Waals surface area contributed by atoms with Gasteiger partial charge in [-0.05, 0) is 17.7 Å². The number of aliphatic hydroxyl groups is 2. The van der Waals surface area contributed by atoms with E-state index in [9.17, 15) is 10.2 Å². The largest absolute Gasteiger partial charge is 0.396 e. The summed E-state index contributed by atoms with van der Waals surface area (Å²) in [6, 6.07) is 19.6. The van der Waals surface area contributed by atoms with Gasteiger partial charge in [0.15, 0.2) is 0 Å². The molecule has 0 amide bonds. The van der Waals surface area contributed by atoms with Crippen LogP contribution in [0.15, 0.2) is 60.7 Å². The van der Waals surface area contributed by atoms with Gasteiger partial charge in [0.1, 0.15) is 6.10 Å². The zero-order chi connectivity index (χ0) is 14.7. The smallest absolute Gasteiger partial charge is 0.116 e. The zero-order valence-electron chi connectivity index (χ0n) is 11.7. The molecule has 2 aromatic carbocycles. The van der Waals surface area contributed by atoms with E-state index < -0.39 is 6.10 Å². The fourth-order valence-corrected chi connectivity index (χ4v) is 2.88. The predicted molar refractivity (Wildman–Crippen MR) is 80.6 cm³/mol. The Bertz CT molecular complexity index is 561. The molecule has 1 heterocycles. The number of nitrogens with zero attached hydrogens (tertiary/aromatic N) is 1. The van der Waals surface area contributed by atoms with Gasteiger partial charge in [0.05, 0.1) is 24.9 Å². The molecule has 1 aliphatic rings. The summed E-state index contributed by atoms with van der Waals surface area (Å²) in [5.41, 5.74) is 1.98. The van der Waals surface area contributed by atoms with Crippen LogP contribution in [-0.2, 0) is 4.84 Å². The van der Waals surface area contributed by atoms with E-state index in [2.05, 4.69) is 0 Å². The number of para-hydroxylation sites is 1. The molecule has 0 spiro atoms. The van der Waals surface area contributed by atoms with Crippen molar-refractivity contribution in [1.82, 2.24) is 0 Å². The van der Waals surface area contributed by atoms with Crippen LogP contribution in [0.5, 0.6) is 0 Å². The lowest BCUT2D eigenvalue weighted by molar-refractivity contribution is 0.0151. The molecule has 1 saturated heterocycles. The first-order valence-electron chi connectivity index (χ1n) is 7.13. The second-order valence-corrected chi connectivity index (χ2v) is 5.19. The van der Waals surface area contributed by atoms with Crippen molar-refractivity contribution in [3.05, 3.63) is 66.2 Å². The van der Waals surface area contributed by atoms with Crippen LogP contribution in [-0.4, -0.2) is 29.5 Å². The number of aliphatic hydroxyl groups excluding tert-OH is 2. The Labute approximate surface area is 124 Å². The number of benzene rings is 2. The van der Waals surface area contributed by atoms with Crippen LogP contribution in [0, 0.1) is 5.92 Å². The molecule has 0 aromatic heterocycles. The molecule has 2 N–H and O–H groups in total. The average molecular weight is 285 g/mol. The van der Waals surface area contributed by atoms with Gasteiger partial charge in [-0.15, -0.1) is 0 Å². The fourth-order valence-electron chi connectivity index (χ4n) is 2.88. The molecule has 0 unspecified atom stereocenters. The lowest BCUT2D eigenvalue weighted by Crippen LogP contribution is -2.27. The molecular weight excluding hydrogens is 266 g/mol. The molecule has 2 aromatic rings. The van der Waals surface area contributed by atoms with Crippen molar-refractivity contribution in [3.8, 4) is 0 Å². The summed E-state index contributed by atoms with van der Waals surface area (Å²) in [7, 11) is 0. The van der Waals surface area contributed by atoms with E-state index >= 15 is 0 Å². The van der Waals surface area contributed by atoms with Crippen molar-refractivity contribution in [2.45, 2.75) is 12.1 Å². The maximum absolute atomic E-state index is 9.75. The Morgan fingerprint density at radius 2 is 1.48 bits per heavy atom. The Morgan fingerprint density at radius 1 is 0.857 bits per heavy atom. The third kappa shape index (κ3) is 2.65. The first-order chi connectivity index (χ1) is 10.3. The highest BCUT2D eigenvalue weighted by molar-refractivity contribution is 5.47. The fraction of sp³-hybridized carbons (Fsp3) is 0.294. The molecule has 0 aliphatic carbocycles. The monoisotopic (exact) mass is 285 g/mol. The molecule has 0 bridgehead atoms. The van der Waals surface area contributed by atoms with Gasteiger partial charge in [-0.2, -0.15) is 0 Å². The molecule has 3 rings (SSSR count). The van der Waals surface area contributed by atoms with Crippen LogP contribution in [0.25, 0.3) is 0 Å². The number of hydrogen-bond donors (Lipinski definition) is 2. The average Bonchev–Trinajstić information content (AvgIpc) is 2.95. The van der Waals surface area contributed by atoms with Crippen molar-refractivity contribution >= 4 is 5.69 Å². The van der Waals surface area contributed by atoms with Crippen molar-refractivity contribution in [2.75, 3.05) is 18.3 Å². The highest BCUT2D eigenvalue weighted by atomic mass is 16.7. The Kier molecular flexibility index (Phi) is 4.20. The molecule has 1 fully saturated rings. The summed E-state index contributed by atoms with van der Waals surface area (Å²) < 4.78 is 0. The molecule has 0 saturated carbocycles.